The fraction of sp³-hybridized carbons (Fsp3) is 0.154. The van der Waals surface area contributed by atoms with Crippen molar-refractivity contribution in [3.8, 4) is 12.3 Å². The summed E-state index contributed by atoms with van der Waals surface area (Å²) in [7, 11) is 0. The normalized spacial score (nSPS) is 9.69. The highest BCUT2D eigenvalue weighted by Crippen LogP contribution is 2.22. The van der Waals surface area contributed by atoms with Crippen LogP contribution < -0.4 is 0 Å². The minimum atomic E-state index is 0.911. The van der Waals surface area contributed by atoms with Crippen LogP contribution in [-0.2, 0) is 0 Å². The van der Waals surface area contributed by atoms with E-state index in [1.54, 1.807) is 0 Å². The van der Waals surface area contributed by atoms with Crippen molar-refractivity contribution in [3.63, 3.8) is 0 Å². The third-order valence-corrected chi connectivity index (χ3v) is 2.00. The average molecular weight is 169 g/mol. The van der Waals surface area contributed by atoms with Crippen LogP contribution in [0.5, 0.6) is 0 Å². The fourth-order valence-electron chi connectivity index (χ4n) is 1.35. The van der Waals surface area contributed by atoms with Crippen molar-refractivity contribution >= 4 is 6.08 Å². The Kier molecular flexibility index (Phi) is 2.93. The molecule has 0 nitrogen and oxygen atoms in total. The third-order valence-electron chi connectivity index (χ3n) is 2.00. The van der Waals surface area contributed by atoms with E-state index >= 15 is 0 Å². The van der Waals surface area contributed by atoms with E-state index in [2.05, 4.69) is 32.4 Å². The molecule has 0 heteroatoms. The summed E-state index contributed by atoms with van der Waals surface area (Å²) in [5, 5.41) is 0. The third kappa shape index (κ3) is 1.81. The van der Waals surface area contributed by atoms with E-state index in [1.807, 2.05) is 18.2 Å². The SMILES string of the molecule is C#Cc1cccc([C](C)C)c1C=C. The Bertz CT molecular complexity index is 351. The fourth-order valence-corrected chi connectivity index (χ4v) is 1.35. The lowest BCUT2D eigenvalue weighted by atomic mass is 9.93. The van der Waals surface area contributed by atoms with Gasteiger partial charge in [0.15, 0.2) is 0 Å². The number of terminal acetylenes is 1. The molecular weight excluding hydrogens is 156 g/mol. The lowest BCUT2D eigenvalue weighted by Gasteiger charge is -2.10. The van der Waals surface area contributed by atoms with E-state index in [0.717, 1.165) is 11.1 Å². The molecule has 13 heavy (non-hydrogen) atoms. The Labute approximate surface area is 80.3 Å². The molecule has 0 amide bonds. The maximum atomic E-state index is 5.39. The molecule has 0 atom stereocenters. The van der Waals surface area contributed by atoms with Crippen LogP contribution in [0.25, 0.3) is 6.08 Å². The largest absolute Gasteiger partial charge is 0.115 e. The second-order valence-electron chi connectivity index (χ2n) is 3.12. The molecule has 1 aromatic rings. The summed E-state index contributed by atoms with van der Waals surface area (Å²) in [6.07, 6.45) is 7.21. The van der Waals surface area contributed by atoms with Crippen LogP contribution in [0.2, 0.25) is 0 Å². The van der Waals surface area contributed by atoms with Gasteiger partial charge >= 0.3 is 0 Å². The van der Waals surface area contributed by atoms with Gasteiger partial charge in [0.1, 0.15) is 0 Å². The molecule has 0 unspecified atom stereocenters. The van der Waals surface area contributed by atoms with E-state index < -0.39 is 0 Å². The lowest BCUT2D eigenvalue weighted by Crippen LogP contribution is -1.94. The second-order valence-corrected chi connectivity index (χ2v) is 3.12. The maximum absolute atomic E-state index is 5.39. The molecule has 0 heterocycles. The quantitative estimate of drug-likeness (QED) is 0.596. The van der Waals surface area contributed by atoms with Crippen molar-refractivity contribution in [2.24, 2.45) is 0 Å². The first kappa shape index (κ1) is 9.61. The summed E-state index contributed by atoms with van der Waals surface area (Å²) in [5.74, 6) is 3.91. The molecule has 0 aromatic heterocycles. The van der Waals surface area contributed by atoms with Crippen molar-refractivity contribution in [2.75, 3.05) is 0 Å². The van der Waals surface area contributed by atoms with E-state index in [1.165, 1.54) is 11.5 Å². The van der Waals surface area contributed by atoms with Crippen molar-refractivity contribution in [1.29, 1.82) is 0 Å². The van der Waals surface area contributed by atoms with Crippen molar-refractivity contribution < 1.29 is 0 Å². The molecule has 65 valence electrons. The van der Waals surface area contributed by atoms with Gasteiger partial charge in [0.25, 0.3) is 0 Å². The molecule has 0 N–H and O–H groups in total. The van der Waals surface area contributed by atoms with E-state index in [9.17, 15) is 0 Å². The van der Waals surface area contributed by atoms with Gasteiger partial charge in [-0.05, 0) is 23.1 Å². The first-order chi connectivity index (χ1) is 6.20. The standard InChI is InChI=1S/C13H13/c1-5-11-8-7-9-13(10(3)4)12(11)6-2/h1,6-9H,2H2,3-4H3. The van der Waals surface area contributed by atoms with E-state index in [0.29, 0.717) is 0 Å². The van der Waals surface area contributed by atoms with Gasteiger partial charge in [0.05, 0.1) is 0 Å². The highest BCUT2D eigenvalue weighted by Gasteiger charge is 2.06. The van der Waals surface area contributed by atoms with Crippen molar-refractivity contribution in [2.45, 2.75) is 13.8 Å². The van der Waals surface area contributed by atoms with Crippen LogP contribution >= 0.6 is 0 Å². The van der Waals surface area contributed by atoms with Gasteiger partial charge in [-0.1, -0.05) is 44.6 Å². The van der Waals surface area contributed by atoms with E-state index in [4.69, 9.17) is 6.42 Å². The number of benzene rings is 1. The van der Waals surface area contributed by atoms with Crippen LogP contribution in [0.4, 0.5) is 0 Å². The van der Waals surface area contributed by atoms with Crippen LogP contribution in [0.15, 0.2) is 24.8 Å². The highest BCUT2D eigenvalue weighted by molar-refractivity contribution is 5.63. The molecule has 0 spiro atoms. The van der Waals surface area contributed by atoms with Crippen molar-refractivity contribution in [3.05, 3.63) is 47.4 Å². The molecule has 1 aromatic carbocycles. The van der Waals surface area contributed by atoms with Gasteiger partial charge in [-0.3, -0.25) is 0 Å². The molecule has 0 saturated carbocycles. The zero-order valence-electron chi connectivity index (χ0n) is 8.09. The van der Waals surface area contributed by atoms with Gasteiger partial charge in [0, 0.05) is 5.56 Å². The predicted octanol–water partition coefficient (Wildman–Crippen LogP) is 3.27. The van der Waals surface area contributed by atoms with E-state index in [-0.39, 0.29) is 0 Å². The minimum absolute atomic E-state index is 0.911. The summed E-state index contributed by atoms with van der Waals surface area (Å²) < 4.78 is 0. The molecule has 1 radical (unpaired) electrons. The number of hydrogen-bond acceptors (Lipinski definition) is 0. The second kappa shape index (κ2) is 3.96. The van der Waals surface area contributed by atoms with Crippen LogP contribution in [-0.4, -0.2) is 0 Å². The van der Waals surface area contributed by atoms with Crippen molar-refractivity contribution in [1.82, 2.24) is 0 Å². The van der Waals surface area contributed by atoms with Gasteiger partial charge in [-0.2, -0.15) is 0 Å². The summed E-state index contributed by atoms with van der Waals surface area (Å²) in [6, 6.07) is 5.97. The Hall–Kier alpha value is -1.48. The Morgan fingerprint density at radius 3 is 2.62 bits per heavy atom. The molecule has 0 aliphatic rings. The van der Waals surface area contributed by atoms with Crippen LogP contribution in [0.1, 0.15) is 30.5 Å². The molecule has 0 aliphatic heterocycles. The number of rotatable bonds is 2. The molecule has 0 saturated heterocycles. The van der Waals surface area contributed by atoms with Crippen LogP contribution in [0, 0.1) is 18.3 Å². The molecular formula is C13H13. The summed E-state index contributed by atoms with van der Waals surface area (Å²) >= 11 is 0. The summed E-state index contributed by atoms with van der Waals surface area (Å²) in [4.78, 5) is 0. The van der Waals surface area contributed by atoms with Gasteiger partial charge in [-0.15, -0.1) is 6.42 Å². The molecule has 0 bridgehead atoms. The first-order valence-electron chi connectivity index (χ1n) is 4.23. The zero-order valence-corrected chi connectivity index (χ0v) is 8.09. The Morgan fingerprint density at radius 2 is 2.15 bits per heavy atom. The van der Waals surface area contributed by atoms with Gasteiger partial charge in [0.2, 0.25) is 0 Å². The van der Waals surface area contributed by atoms with Gasteiger partial charge in [-0.25, -0.2) is 0 Å². The monoisotopic (exact) mass is 169 g/mol. The topological polar surface area (TPSA) is 0 Å². The van der Waals surface area contributed by atoms with Crippen LogP contribution in [0.3, 0.4) is 0 Å². The maximum Gasteiger partial charge on any atom is 0.0317 e. The molecule has 1 rings (SSSR count). The smallest absolute Gasteiger partial charge is 0.0317 e. The minimum Gasteiger partial charge on any atom is -0.115 e. The summed E-state index contributed by atoms with van der Waals surface area (Å²) in [6.45, 7) is 7.92. The zero-order chi connectivity index (χ0) is 9.84. The molecule has 0 fully saturated rings. The Balaban J connectivity index is 3.37. The van der Waals surface area contributed by atoms with Gasteiger partial charge < -0.3 is 0 Å². The predicted molar refractivity (Wildman–Crippen MR) is 58.2 cm³/mol. The molecule has 0 aliphatic carbocycles. The number of hydrogen-bond donors (Lipinski definition) is 0. The lowest BCUT2D eigenvalue weighted by molar-refractivity contribution is 1.14. The Morgan fingerprint density at radius 1 is 1.46 bits per heavy atom. The summed E-state index contributed by atoms with van der Waals surface area (Å²) in [5.41, 5.74) is 3.16. The average Bonchev–Trinajstić information content (AvgIpc) is 2.16. The highest BCUT2D eigenvalue weighted by atomic mass is 14.1. The first-order valence-corrected chi connectivity index (χ1v) is 4.23.